The molecule has 0 amide bonds. The normalized spacial score (nSPS) is 20.8. The number of carbonyl (C=O) groups excluding carboxylic acids is 2. The monoisotopic (exact) mass is 843 g/mol. The van der Waals surface area contributed by atoms with E-state index >= 15 is 0 Å². The van der Waals surface area contributed by atoms with Crippen LogP contribution < -0.4 is 0 Å². The summed E-state index contributed by atoms with van der Waals surface area (Å²) in [6.45, 7) is 3.68. The maximum atomic E-state index is 12.8. The fourth-order valence-electron chi connectivity index (χ4n) is 6.38. The van der Waals surface area contributed by atoms with Crippen molar-refractivity contribution in [1.29, 1.82) is 0 Å². The fourth-order valence-corrected chi connectivity index (χ4v) is 7.07. The Bertz CT molecular complexity index is 1260. The van der Waals surface area contributed by atoms with Crippen LogP contribution in [0.5, 0.6) is 0 Å². The summed E-state index contributed by atoms with van der Waals surface area (Å²) in [6, 6.07) is 0. The predicted octanol–water partition coefficient (Wildman–Crippen LogP) is 8.78. The maximum absolute atomic E-state index is 12.8. The van der Waals surface area contributed by atoms with E-state index in [1.807, 2.05) is 0 Å². The molecule has 0 aromatic heterocycles. The van der Waals surface area contributed by atoms with Crippen LogP contribution in [-0.2, 0) is 38.7 Å². The van der Waals surface area contributed by atoms with Gasteiger partial charge in [-0.1, -0.05) is 127 Å². The SMILES string of the molecule is CCCCCCCC/C=C\C/C=C\CCCCC(=O)OCC(CO[C@H]1O[C@H](CS(=O)(=O)O)[C@@H](O)[C@H](O)[C@H]1O)OC(=O)CCCC/C=C\C/C=C\CCCCCCCC. The first kappa shape index (κ1) is 53.6. The summed E-state index contributed by atoms with van der Waals surface area (Å²) in [6.07, 6.45) is 31.7. The lowest BCUT2D eigenvalue weighted by Gasteiger charge is -2.40. The molecule has 0 aromatic carbocycles. The summed E-state index contributed by atoms with van der Waals surface area (Å²) in [4.78, 5) is 25.3. The number of allylic oxidation sites excluding steroid dienone is 8. The second kappa shape index (κ2) is 35.4. The summed E-state index contributed by atoms with van der Waals surface area (Å²) >= 11 is 0. The highest BCUT2D eigenvalue weighted by molar-refractivity contribution is 7.85. The van der Waals surface area contributed by atoms with Crippen molar-refractivity contribution in [2.24, 2.45) is 0 Å². The van der Waals surface area contributed by atoms with Crippen molar-refractivity contribution in [1.82, 2.24) is 0 Å². The number of esters is 2. The second-order valence-electron chi connectivity index (χ2n) is 15.4. The lowest BCUT2D eigenvalue weighted by atomic mass is 10.00. The first-order valence-electron chi connectivity index (χ1n) is 22.2. The van der Waals surface area contributed by atoms with E-state index in [0.717, 1.165) is 51.4 Å². The molecule has 336 valence electrons. The molecule has 1 aliphatic heterocycles. The molecule has 0 radical (unpaired) electrons. The molecule has 58 heavy (non-hydrogen) atoms. The van der Waals surface area contributed by atoms with Crippen molar-refractivity contribution in [2.45, 2.75) is 205 Å². The summed E-state index contributed by atoms with van der Waals surface area (Å²) in [5.41, 5.74) is 0. The third kappa shape index (κ3) is 29.8. The third-order valence-corrected chi connectivity index (χ3v) is 10.6. The summed E-state index contributed by atoms with van der Waals surface area (Å²) in [7, 11) is -4.61. The summed E-state index contributed by atoms with van der Waals surface area (Å²) < 4.78 is 53.9. The van der Waals surface area contributed by atoms with Gasteiger partial charge in [0.1, 0.15) is 36.8 Å². The van der Waals surface area contributed by atoms with E-state index in [1.165, 1.54) is 77.0 Å². The zero-order chi connectivity index (χ0) is 42.7. The molecule has 0 saturated carbocycles. The molecule has 6 atom stereocenters. The lowest BCUT2D eigenvalue weighted by Crippen LogP contribution is -2.60. The number of unbranched alkanes of at least 4 members (excludes halogenated alkanes) is 16. The largest absolute Gasteiger partial charge is 0.462 e. The molecule has 1 saturated heterocycles. The molecule has 1 heterocycles. The topological polar surface area (TPSA) is 186 Å². The van der Waals surface area contributed by atoms with Gasteiger partial charge in [0.15, 0.2) is 12.4 Å². The van der Waals surface area contributed by atoms with Gasteiger partial charge < -0.3 is 34.3 Å². The van der Waals surface area contributed by atoms with E-state index in [-0.39, 0.29) is 19.4 Å². The molecule has 4 N–H and O–H groups in total. The van der Waals surface area contributed by atoms with Crippen LogP contribution in [0.15, 0.2) is 48.6 Å². The second-order valence-corrected chi connectivity index (χ2v) is 16.9. The zero-order valence-corrected chi connectivity index (χ0v) is 36.5. The van der Waals surface area contributed by atoms with Gasteiger partial charge in [0.25, 0.3) is 10.1 Å². The van der Waals surface area contributed by atoms with Gasteiger partial charge in [0, 0.05) is 12.8 Å². The molecule has 12 nitrogen and oxygen atoms in total. The highest BCUT2D eigenvalue weighted by atomic mass is 32.2. The van der Waals surface area contributed by atoms with Crippen LogP contribution >= 0.6 is 0 Å². The minimum Gasteiger partial charge on any atom is -0.462 e. The molecule has 0 aromatic rings. The molecule has 0 spiro atoms. The van der Waals surface area contributed by atoms with Crippen molar-refractivity contribution in [2.75, 3.05) is 19.0 Å². The predicted molar refractivity (Wildman–Crippen MR) is 229 cm³/mol. The Hall–Kier alpha value is -2.39. The number of ether oxygens (including phenoxy) is 4. The molecule has 0 aliphatic carbocycles. The molecule has 1 rings (SSSR count). The van der Waals surface area contributed by atoms with Crippen LogP contribution in [0.2, 0.25) is 0 Å². The average molecular weight is 843 g/mol. The zero-order valence-electron chi connectivity index (χ0n) is 35.6. The van der Waals surface area contributed by atoms with Crippen LogP contribution in [-0.4, -0.2) is 96.0 Å². The van der Waals surface area contributed by atoms with E-state index in [2.05, 4.69) is 62.5 Å². The Labute approximate surface area is 350 Å². The number of hydrogen-bond donors (Lipinski definition) is 4. The molecule has 1 unspecified atom stereocenters. The number of aliphatic hydroxyl groups excluding tert-OH is 3. The number of rotatable bonds is 36. The molecule has 13 heteroatoms. The summed E-state index contributed by atoms with van der Waals surface area (Å²) in [5, 5.41) is 30.8. The summed E-state index contributed by atoms with van der Waals surface area (Å²) in [5.74, 6) is -2.07. The number of aliphatic hydroxyl groups is 3. The first-order valence-corrected chi connectivity index (χ1v) is 23.8. The van der Waals surface area contributed by atoms with Gasteiger partial charge in [-0.25, -0.2) is 0 Å². The van der Waals surface area contributed by atoms with Gasteiger partial charge in [0.05, 0.1) is 6.61 Å². The van der Waals surface area contributed by atoms with Gasteiger partial charge >= 0.3 is 11.9 Å². The smallest absolute Gasteiger partial charge is 0.306 e. The van der Waals surface area contributed by atoms with Crippen LogP contribution in [0, 0.1) is 0 Å². The highest BCUT2D eigenvalue weighted by Crippen LogP contribution is 2.24. The van der Waals surface area contributed by atoms with Crippen LogP contribution in [0.1, 0.15) is 168 Å². The van der Waals surface area contributed by atoms with Crippen LogP contribution in [0.4, 0.5) is 0 Å². The Balaban J connectivity index is 2.52. The standard InChI is InChI=1S/C45H78O12S/c1-3-5-7-9-11-13-15-17-19-21-23-25-27-29-31-33-40(46)54-35-38(36-55-45-44(50)43(49)42(48)39(57-45)37-58(51,52)53)56-41(47)34-32-30-28-26-24-22-20-18-16-14-12-10-8-6-4-2/h17-20,23-26,38-39,42-45,48-50H,3-16,21-22,27-37H2,1-2H3,(H,51,52,53)/b19-17-,20-18-,25-23-,26-24-/t38?,39-,42-,43+,44-,45+/m1/s1. The van der Waals surface area contributed by atoms with Crippen molar-refractivity contribution in [3.63, 3.8) is 0 Å². The first-order chi connectivity index (χ1) is 28.0. The quantitative estimate of drug-likeness (QED) is 0.0204. The van der Waals surface area contributed by atoms with E-state index < -0.39 is 71.2 Å². The van der Waals surface area contributed by atoms with Gasteiger partial charge in [-0.05, 0) is 77.0 Å². The van der Waals surface area contributed by atoms with Crippen LogP contribution in [0.25, 0.3) is 0 Å². The molecular formula is C45H78O12S. The van der Waals surface area contributed by atoms with E-state index in [0.29, 0.717) is 12.8 Å². The number of carbonyl (C=O) groups is 2. The minimum atomic E-state index is -4.61. The fraction of sp³-hybridized carbons (Fsp3) is 0.778. The lowest BCUT2D eigenvalue weighted by molar-refractivity contribution is -0.297. The van der Waals surface area contributed by atoms with Crippen molar-refractivity contribution >= 4 is 22.1 Å². The average Bonchev–Trinajstić information content (AvgIpc) is 3.18. The Morgan fingerprint density at radius 3 is 1.52 bits per heavy atom. The number of hydrogen-bond acceptors (Lipinski definition) is 11. The van der Waals surface area contributed by atoms with E-state index in [9.17, 15) is 37.9 Å². The van der Waals surface area contributed by atoms with E-state index in [1.54, 1.807) is 0 Å². The van der Waals surface area contributed by atoms with Crippen molar-refractivity contribution < 1.29 is 56.8 Å². The van der Waals surface area contributed by atoms with E-state index in [4.69, 9.17) is 18.9 Å². The molecule has 0 bridgehead atoms. The Morgan fingerprint density at radius 2 is 1.03 bits per heavy atom. The Kier molecular flexibility index (Phi) is 32.7. The van der Waals surface area contributed by atoms with Crippen molar-refractivity contribution in [3.8, 4) is 0 Å². The van der Waals surface area contributed by atoms with Gasteiger partial charge in [-0.15, -0.1) is 0 Å². The molecule has 1 aliphatic rings. The maximum Gasteiger partial charge on any atom is 0.306 e. The van der Waals surface area contributed by atoms with Gasteiger partial charge in [0.2, 0.25) is 0 Å². The highest BCUT2D eigenvalue weighted by Gasteiger charge is 2.46. The molecular weight excluding hydrogens is 765 g/mol. The van der Waals surface area contributed by atoms with Crippen molar-refractivity contribution in [3.05, 3.63) is 48.6 Å². The third-order valence-electron chi connectivity index (χ3n) is 9.88. The van der Waals surface area contributed by atoms with Gasteiger partial charge in [-0.2, -0.15) is 8.42 Å². The molecule has 1 fully saturated rings. The van der Waals surface area contributed by atoms with Crippen LogP contribution in [0.3, 0.4) is 0 Å². The minimum absolute atomic E-state index is 0.114. The Morgan fingerprint density at radius 1 is 0.586 bits per heavy atom. The van der Waals surface area contributed by atoms with Gasteiger partial charge in [-0.3, -0.25) is 14.1 Å².